The average molecular weight is 281 g/mol. The smallest absolute Gasteiger partial charge is 0.0582 e. The molecule has 2 aromatic rings. The van der Waals surface area contributed by atoms with Crippen LogP contribution in [-0.2, 0) is 0 Å². The molecule has 0 amide bonds. The van der Waals surface area contributed by atoms with Gasteiger partial charge in [0, 0.05) is 0 Å². The lowest BCUT2D eigenvalue weighted by Gasteiger charge is -2.26. The van der Waals surface area contributed by atoms with Crippen LogP contribution in [0.1, 0.15) is 50.5 Å². The summed E-state index contributed by atoms with van der Waals surface area (Å²) < 4.78 is 0. The first-order valence-corrected chi connectivity index (χ1v) is 7.69. The van der Waals surface area contributed by atoms with Crippen LogP contribution < -0.4 is 5.32 Å². The summed E-state index contributed by atoms with van der Waals surface area (Å²) in [7, 11) is 2.06. The van der Waals surface area contributed by atoms with Crippen molar-refractivity contribution < 1.29 is 0 Å². The standard InChI is InChI=1S/C20H27N/c1-12-9-8-10-18(15(12)4)20(21-7)19-16(5)13(2)11-14(3)17(19)6/h8-11,20-21H,1-7H3. The van der Waals surface area contributed by atoms with E-state index in [-0.39, 0.29) is 6.04 Å². The molecule has 0 saturated heterocycles. The highest BCUT2D eigenvalue weighted by Crippen LogP contribution is 2.33. The molecule has 0 aliphatic carbocycles. The Bertz CT molecular complexity index is 642. The Kier molecular flexibility index (Phi) is 4.53. The van der Waals surface area contributed by atoms with E-state index >= 15 is 0 Å². The van der Waals surface area contributed by atoms with Gasteiger partial charge in [-0.2, -0.15) is 0 Å². The molecule has 0 saturated carbocycles. The van der Waals surface area contributed by atoms with Crippen LogP contribution in [0.2, 0.25) is 0 Å². The topological polar surface area (TPSA) is 12.0 Å². The van der Waals surface area contributed by atoms with Crippen LogP contribution in [0.4, 0.5) is 0 Å². The molecular formula is C20H27N. The van der Waals surface area contributed by atoms with E-state index in [0.717, 1.165) is 0 Å². The Morgan fingerprint density at radius 1 is 0.762 bits per heavy atom. The molecule has 0 radical (unpaired) electrons. The van der Waals surface area contributed by atoms with E-state index in [1.54, 1.807) is 0 Å². The van der Waals surface area contributed by atoms with E-state index in [1.807, 2.05) is 0 Å². The molecular weight excluding hydrogens is 254 g/mol. The van der Waals surface area contributed by atoms with Crippen molar-refractivity contribution in [1.29, 1.82) is 0 Å². The second-order valence-corrected chi connectivity index (χ2v) is 6.18. The van der Waals surface area contributed by atoms with E-state index < -0.39 is 0 Å². The van der Waals surface area contributed by atoms with Gasteiger partial charge >= 0.3 is 0 Å². The second-order valence-electron chi connectivity index (χ2n) is 6.18. The van der Waals surface area contributed by atoms with Crippen molar-refractivity contribution in [2.45, 2.75) is 47.6 Å². The molecule has 2 rings (SSSR count). The Labute approximate surface area is 129 Å². The van der Waals surface area contributed by atoms with Crippen LogP contribution >= 0.6 is 0 Å². The number of aryl methyl sites for hydroxylation is 3. The number of hydrogen-bond donors (Lipinski definition) is 1. The summed E-state index contributed by atoms with van der Waals surface area (Å²) in [4.78, 5) is 0. The fourth-order valence-corrected chi connectivity index (χ4v) is 3.22. The summed E-state index contributed by atoms with van der Waals surface area (Å²) >= 11 is 0. The van der Waals surface area contributed by atoms with Gasteiger partial charge in [-0.3, -0.25) is 0 Å². The first-order chi connectivity index (χ1) is 9.88. The largest absolute Gasteiger partial charge is 0.309 e. The lowest BCUT2D eigenvalue weighted by molar-refractivity contribution is 0.676. The van der Waals surface area contributed by atoms with Gasteiger partial charge in [-0.25, -0.2) is 0 Å². The van der Waals surface area contributed by atoms with Crippen LogP contribution in [0.15, 0.2) is 24.3 Å². The monoisotopic (exact) mass is 281 g/mol. The van der Waals surface area contributed by atoms with Gasteiger partial charge in [0.1, 0.15) is 0 Å². The molecule has 0 heterocycles. The Morgan fingerprint density at radius 3 is 1.86 bits per heavy atom. The average Bonchev–Trinajstić information content (AvgIpc) is 2.45. The fraction of sp³-hybridized carbons (Fsp3) is 0.400. The van der Waals surface area contributed by atoms with Gasteiger partial charge in [0.05, 0.1) is 6.04 Å². The van der Waals surface area contributed by atoms with Crippen molar-refractivity contribution in [2.75, 3.05) is 7.05 Å². The van der Waals surface area contributed by atoms with E-state index in [0.29, 0.717) is 0 Å². The van der Waals surface area contributed by atoms with Gasteiger partial charge in [-0.1, -0.05) is 24.3 Å². The maximum Gasteiger partial charge on any atom is 0.0582 e. The summed E-state index contributed by atoms with van der Waals surface area (Å²) in [5.41, 5.74) is 11.1. The molecule has 1 atom stereocenters. The van der Waals surface area contributed by atoms with Gasteiger partial charge in [0.15, 0.2) is 0 Å². The number of nitrogens with one attached hydrogen (secondary N) is 1. The molecule has 1 unspecified atom stereocenters. The summed E-state index contributed by atoms with van der Waals surface area (Å²) in [5, 5.41) is 3.54. The third kappa shape index (κ3) is 2.75. The predicted molar refractivity (Wildman–Crippen MR) is 92.2 cm³/mol. The van der Waals surface area contributed by atoms with Crippen molar-refractivity contribution in [3.8, 4) is 0 Å². The van der Waals surface area contributed by atoms with Crippen LogP contribution in [0, 0.1) is 41.5 Å². The molecule has 0 bridgehead atoms. The molecule has 1 N–H and O–H groups in total. The highest BCUT2D eigenvalue weighted by Gasteiger charge is 2.20. The SMILES string of the molecule is CNC(c1cccc(C)c1C)c1c(C)c(C)cc(C)c1C. The lowest BCUT2D eigenvalue weighted by Crippen LogP contribution is -2.22. The second kappa shape index (κ2) is 6.03. The third-order valence-corrected chi connectivity index (χ3v) is 4.96. The van der Waals surface area contributed by atoms with Crippen molar-refractivity contribution in [2.24, 2.45) is 0 Å². The van der Waals surface area contributed by atoms with Gasteiger partial charge in [-0.05, 0) is 93.1 Å². The van der Waals surface area contributed by atoms with Crippen LogP contribution in [-0.4, -0.2) is 7.05 Å². The lowest BCUT2D eigenvalue weighted by atomic mass is 9.85. The molecule has 0 aliphatic rings. The molecule has 0 fully saturated rings. The molecule has 21 heavy (non-hydrogen) atoms. The van der Waals surface area contributed by atoms with E-state index in [9.17, 15) is 0 Å². The molecule has 1 heteroatoms. The van der Waals surface area contributed by atoms with E-state index in [2.05, 4.69) is 78.2 Å². The fourth-order valence-electron chi connectivity index (χ4n) is 3.22. The third-order valence-electron chi connectivity index (χ3n) is 4.96. The summed E-state index contributed by atoms with van der Waals surface area (Å²) in [6.07, 6.45) is 0. The molecule has 2 aromatic carbocycles. The summed E-state index contributed by atoms with van der Waals surface area (Å²) in [6, 6.07) is 9.15. The maximum atomic E-state index is 3.54. The number of hydrogen-bond acceptors (Lipinski definition) is 1. The van der Waals surface area contributed by atoms with E-state index in [1.165, 1.54) is 44.5 Å². The molecule has 1 nitrogen and oxygen atoms in total. The zero-order valence-corrected chi connectivity index (χ0v) is 14.4. The van der Waals surface area contributed by atoms with Gasteiger partial charge in [-0.15, -0.1) is 0 Å². The highest BCUT2D eigenvalue weighted by atomic mass is 14.9. The normalized spacial score (nSPS) is 12.5. The summed E-state index contributed by atoms with van der Waals surface area (Å²) in [6.45, 7) is 13.3. The zero-order valence-electron chi connectivity index (χ0n) is 14.4. The minimum absolute atomic E-state index is 0.253. The molecule has 112 valence electrons. The Hall–Kier alpha value is -1.60. The zero-order chi connectivity index (χ0) is 15.7. The molecule has 0 spiro atoms. The maximum absolute atomic E-state index is 3.54. The van der Waals surface area contributed by atoms with Crippen molar-refractivity contribution in [3.63, 3.8) is 0 Å². The van der Waals surface area contributed by atoms with Crippen LogP contribution in [0.5, 0.6) is 0 Å². The van der Waals surface area contributed by atoms with E-state index in [4.69, 9.17) is 0 Å². The quantitative estimate of drug-likeness (QED) is 0.848. The number of rotatable bonds is 3. The minimum Gasteiger partial charge on any atom is -0.309 e. The first kappa shape index (κ1) is 15.8. The predicted octanol–water partition coefficient (Wildman–Crippen LogP) is 4.85. The molecule has 0 aliphatic heterocycles. The first-order valence-electron chi connectivity index (χ1n) is 7.69. The number of benzene rings is 2. The van der Waals surface area contributed by atoms with Crippen molar-refractivity contribution in [1.82, 2.24) is 5.32 Å². The minimum atomic E-state index is 0.253. The van der Waals surface area contributed by atoms with Gasteiger partial charge in [0.25, 0.3) is 0 Å². The van der Waals surface area contributed by atoms with Crippen molar-refractivity contribution >= 4 is 0 Å². The molecule has 0 aromatic heterocycles. The van der Waals surface area contributed by atoms with Gasteiger partial charge < -0.3 is 5.32 Å². The Morgan fingerprint density at radius 2 is 1.33 bits per heavy atom. The summed E-state index contributed by atoms with van der Waals surface area (Å²) in [5.74, 6) is 0. The van der Waals surface area contributed by atoms with Gasteiger partial charge in [0.2, 0.25) is 0 Å². The van der Waals surface area contributed by atoms with Crippen LogP contribution in [0.25, 0.3) is 0 Å². The van der Waals surface area contributed by atoms with Crippen LogP contribution in [0.3, 0.4) is 0 Å². The Balaban J connectivity index is 2.71. The highest BCUT2D eigenvalue weighted by molar-refractivity contribution is 5.50. The van der Waals surface area contributed by atoms with Crippen molar-refractivity contribution in [3.05, 3.63) is 68.8 Å².